The van der Waals surface area contributed by atoms with E-state index in [0.717, 1.165) is 17.8 Å². The lowest BCUT2D eigenvalue weighted by atomic mass is 10.1. The summed E-state index contributed by atoms with van der Waals surface area (Å²) < 4.78 is 5.49. The average Bonchev–Trinajstić information content (AvgIpc) is 2.23. The van der Waals surface area contributed by atoms with E-state index in [1.54, 1.807) is 6.07 Å². The third-order valence-corrected chi connectivity index (χ3v) is 2.27. The van der Waals surface area contributed by atoms with Crippen molar-refractivity contribution in [1.82, 2.24) is 4.90 Å². The van der Waals surface area contributed by atoms with Gasteiger partial charge in [0.25, 0.3) is 0 Å². The summed E-state index contributed by atoms with van der Waals surface area (Å²) in [5, 5.41) is 12.9. The number of hydrogen-bond donors (Lipinski definition) is 2. The Kier molecular flexibility index (Phi) is 4.43. The monoisotopic (exact) mass is 224 g/mol. The van der Waals surface area contributed by atoms with Gasteiger partial charge in [-0.1, -0.05) is 0 Å². The molecule has 0 atom stereocenters. The van der Waals surface area contributed by atoms with Crippen LogP contribution in [0.3, 0.4) is 0 Å². The average molecular weight is 224 g/mol. The van der Waals surface area contributed by atoms with E-state index in [1.165, 1.54) is 0 Å². The Morgan fingerprint density at radius 3 is 2.56 bits per heavy atom. The van der Waals surface area contributed by atoms with Crippen LogP contribution in [-0.4, -0.2) is 37.8 Å². The molecule has 0 fully saturated rings. The molecule has 1 aromatic carbocycles. The molecule has 0 saturated carbocycles. The van der Waals surface area contributed by atoms with Gasteiger partial charge in [-0.3, -0.25) is 0 Å². The highest BCUT2D eigenvalue weighted by atomic mass is 16.5. The van der Waals surface area contributed by atoms with E-state index in [-0.39, 0.29) is 5.75 Å². The Balaban J connectivity index is 3.18. The summed E-state index contributed by atoms with van der Waals surface area (Å²) in [6.07, 6.45) is 0. The SMILES string of the molecule is CCOc1c(O)ccc(NC)c1CN(C)C. The molecule has 1 aromatic rings. The molecule has 0 saturated heterocycles. The molecule has 0 aliphatic carbocycles. The zero-order valence-electron chi connectivity index (χ0n) is 10.4. The fourth-order valence-electron chi connectivity index (χ4n) is 1.63. The maximum absolute atomic E-state index is 9.78. The summed E-state index contributed by atoms with van der Waals surface area (Å²) in [6, 6.07) is 3.51. The smallest absolute Gasteiger partial charge is 0.167 e. The first-order valence-corrected chi connectivity index (χ1v) is 5.40. The summed E-state index contributed by atoms with van der Waals surface area (Å²) in [5.74, 6) is 0.765. The van der Waals surface area contributed by atoms with Gasteiger partial charge < -0.3 is 20.1 Å². The molecule has 90 valence electrons. The van der Waals surface area contributed by atoms with Gasteiger partial charge in [-0.2, -0.15) is 0 Å². The molecule has 0 aliphatic rings. The molecule has 0 aliphatic heterocycles. The molecule has 0 spiro atoms. The van der Waals surface area contributed by atoms with Gasteiger partial charge in [0.2, 0.25) is 0 Å². The number of hydrogen-bond acceptors (Lipinski definition) is 4. The highest BCUT2D eigenvalue weighted by Gasteiger charge is 2.14. The van der Waals surface area contributed by atoms with E-state index in [9.17, 15) is 5.11 Å². The second-order valence-electron chi connectivity index (χ2n) is 3.86. The van der Waals surface area contributed by atoms with E-state index in [2.05, 4.69) is 5.32 Å². The number of benzene rings is 1. The third-order valence-electron chi connectivity index (χ3n) is 2.27. The number of nitrogens with one attached hydrogen (secondary N) is 1. The maximum atomic E-state index is 9.78. The Bertz CT molecular complexity index is 351. The van der Waals surface area contributed by atoms with Crippen molar-refractivity contribution in [3.05, 3.63) is 17.7 Å². The molecule has 0 bridgehead atoms. The van der Waals surface area contributed by atoms with Crippen molar-refractivity contribution in [2.45, 2.75) is 13.5 Å². The first-order valence-electron chi connectivity index (χ1n) is 5.40. The first kappa shape index (κ1) is 12.6. The number of anilines is 1. The van der Waals surface area contributed by atoms with Gasteiger partial charge in [-0.05, 0) is 33.2 Å². The second kappa shape index (κ2) is 5.61. The van der Waals surface area contributed by atoms with Crippen LogP contribution in [0.4, 0.5) is 5.69 Å². The molecule has 0 aromatic heterocycles. The van der Waals surface area contributed by atoms with Gasteiger partial charge in [-0.25, -0.2) is 0 Å². The quantitative estimate of drug-likeness (QED) is 0.750. The minimum Gasteiger partial charge on any atom is -0.504 e. The Hall–Kier alpha value is -1.42. The summed E-state index contributed by atoms with van der Waals surface area (Å²) in [6.45, 7) is 3.17. The van der Waals surface area contributed by atoms with E-state index in [0.29, 0.717) is 12.4 Å². The van der Waals surface area contributed by atoms with Gasteiger partial charge in [0, 0.05) is 24.8 Å². The summed E-state index contributed by atoms with van der Waals surface area (Å²) in [4.78, 5) is 2.04. The van der Waals surface area contributed by atoms with E-state index in [4.69, 9.17) is 4.74 Å². The number of nitrogens with zero attached hydrogens (tertiary/aromatic N) is 1. The maximum Gasteiger partial charge on any atom is 0.167 e. The van der Waals surface area contributed by atoms with Gasteiger partial charge in [0.05, 0.1) is 6.61 Å². The summed E-state index contributed by atoms with van der Waals surface area (Å²) in [5.41, 5.74) is 1.96. The normalized spacial score (nSPS) is 10.6. The topological polar surface area (TPSA) is 44.7 Å². The predicted octanol–water partition coefficient (Wildman–Crippen LogP) is 1.89. The molecule has 1 rings (SSSR count). The van der Waals surface area contributed by atoms with Gasteiger partial charge in [0.15, 0.2) is 11.5 Å². The highest BCUT2D eigenvalue weighted by Crippen LogP contribution is 2.36. The molecule has 4 heteroatoms. The van der Waals surface area contributed by atoms with Crippen molar-refractivity contribution in [1.29, 1.82) is 0 Å². The largest absolute Gasteiger partial charge is 0.504 e. The lowest BCUT2D eigenvalue weighted by molar-refractivity contribution is 0.306. The van der Waals surface area contributed by atoms with Crippen molar-refractivity contribution in [2.24, 2.45) is 0 Å². The van der Waals surface area contributed by atoms with Crippen LogP contribution in [0.15, 0.2) is 12.1 Å². The molecular weight excluding hydrogens is 204 g/mol. The lowest BCUT2D eigenvalue weighted by Gasteiger charge is -2.19. The third kappa shape index (κ3) is 2.79. The number of ether oxygens (including phenoxy) is 1. The summed E-state index contributed by atoms with van der Waals surface area (Å²) >= 11 is 0. The van der Waals surface area contributed by atoms with E-state index >= 15 is 0 Å². The van der Waals surface area contributed by atoms with Crippen LogP contribution in [-0.2, 0) is 6.54 Å². The van der Waals surface area contributed by atoms with E-state index < -0.39 is 0 Å². The van der Waals surface area contributed by atoms with Gasteiger partial charge in [0.1, 0.15) is 0 Å². The zero-order chi connectivity index (χ0) is 12.1. The summed E-state index contributed by atoms with van der Waals surface area (Å²) in [7, 11) is 5.83. The zero-order valence-corrected chi connectivity index (χ0v) is 10.4. The van der Waals surface area contributed by atoms with Crippen LogP contribution < -0.4 is 10.1 Å². The number of rotatable bonds is 5. The molecule has 2 N–H and O–H groups in total. The van der Waals surface area contributed by atoms with Crippen LogP contribution in [0.5, 0.6) is 11.5 Å². The Labute approximate surface area is 96.8 Å². The molecule has 0 radical (unpaired) electrons. The Morgan fingerprint density at radius 2 is 2.06 bits per heavy atom. The fourth-order valence-corrected chi connectivity index (χ4v) is 1.63. The molecule has 4 nitrogen and oxygen atoms in total. The highest BCUT2D eigenvalue weighted by molar-refractivity contribution is 5.62. The minimum atomic E-state index is 0.192. The lowest BCUT2D eigenvalue weighted by Crippen LogP contribution is -2.13. The number of phenols is 1. The molecule has 0 heterocycles. The molecule has 16 heavy (non-hydrogen) atoms. The molecule has 0 unspecified atom stereocenters. The van der Waals surface area contributed by atoms with Crippen LogP contribution in [0.2, 0.25) is 0 Å². The molecule has 0 amide bonds. The van der Waals surface area contributed by atoms with Gasteiger partial charge in [-0.15, -0.1) is 0 Å². The van der Waals surface area contributed by atoms with Crippen molar-refractivity contribution in [3.63, 3.8) is 0 Å². The van der Waals surface area contributed by atoms with Crippen molar-refractivity contribution < 1.29 is 9.84 Å². The van der Waals surface area contributed by atoms with E-state index in [1.807, 2.05) is 39.0 Å². The first-order chi connectivity index (χ1) is 7.60. The molecular formula is C12H20N2O2. The Morgan fingerprint density at radius 1 is 1.38 bits per heavy atom. The van der Waals surface area contributed by atoms with Crippen LogP contribution in [0.25, 0.3) is 0 Å². The number of phenolic OH excluding ortho intramolecular Hbond substituents is 1. The number of aromatic hydroxyl groups is 1. The van der Waals surface area contributed by atoms with Crippen LogP contribution in [0, 0.1) is 0 Å². The second-order valence-corrected chi connectivity index (χ2v) is 3.86. The standard InChI is InChI=1S/C12H20N2O2/c1-5-16-12-9(8-14(3)4)10(13-2)6-7-11(12)15/h6-7,13,15H,5,8H2,1-4H3. The van der Waals surface area contributed by atoms with Crippen molar-refractivity contribution in [2.75, 3.05) is 33.1 Å². The minimum absolute atomic E-state index is 0.192. The van der Waals surface area contributed by atoms with Crippen molar-refractivity contribution in [3.8, 4) is 11.5 Å². The van der Waals surface area contributed by atoms with Crippen LogP contribution >= 0.6 is 0 Å². The predicted molar refractivity (Wildman–Crippen MR) is 66.2 cm³/mol. The van der Waals surface area contributed by atoms with Crippen LogP contribution in [0.1, 0.15) is 12.5 Å². The fraction of sp³-hybridized carbons (Fsp3) is 0.500. The van der Waals surface area contributed by atoms with Gasteiger partial charge >= 0.3 is 0 Å². The van der Waals surface area contributed by atoms with Crippen molar-refractivity contribution >= 4 is 5.69 Å².